The molecule has 1 aliphatic heterocycles. The van der Waals surface area contributed by atoms with Gasteiger partial charge in [-0.25, -0.2) is 14.8 Å². The molecule has 158 valence electrons. The van der Waals surface area contributed by atoms with Crippen LogP contribution in [-0.4, -0.2) is 40.5 Å². The Labute approximate surface area is 179 Å². The first-order valence-corrected chi connectivity index (χ1v) is 9.81. The first-order chi connectivity index (χ1) is 15.0. The summed E-state index contributed by atoms with van der Waals surface area (Å²) in [6.45, 7) is 2.72. The zero-order valence-electron chi connectivity index (χ0n) is 17.3. The first-order valence-electron chi connectivity index (χ1n) is 9.81. The van der Waals surface area contributed by atoms with Crippen LogP contribution in [0, 0.1) is 0 Å². The van der Waals surface area contributed by atoms with Gasteiger partial charge >= 0.3 is 5.97 Å². The quantitative estimate of drug-likeness (QED) is 0.609. The minimum absolute atomic E-state index is 0.139. The molecule has 2 N–H and O–H groups in total. The normalized spacial score (nSPS) is 12.6. The molecule has 0 saturated heterocycles. The Kier molecular flexibility index (Phi) is 5.74. The Morgan fingerprint density at radius 2 is 1.90 bits per heavy atom. The molecule has 1 aliphatic rings. The molecule has 0 unspecified atom stereocenters. The van der Waals surface area contributed by atoms with Crippen LogP contribution < -0.4 is 15.5 Å². The Balaban J connectivity index is 1.52. The van der Waals surface area contributed by atoms with E-state index in [2.05, 4.69) is 25.6 Å². The van der Waals surface area contributed by atoms with Crippen LogP contribution in [0.15, 0.2) is 48.8 Å². The third-order valence-corrected chi connectivity index (χ3v) is 4.95. The molecule has 2 aromatic carbocycles. The van der Waals surface area contributed by atoms with Gasteiger partial charge in [-0.15, -0.1) is 0 Å². The SMILES string of the molecule is COC(=O)c1cccc2c1CCN(c1ncnc(Nc3cccc(NC(C)=O)c3)n1)C2. The highest BCUT2D eigenvalue weighted by Gasteiger charge is 2.23. The van der Waals surface area contributed by atoms with Crippen LogP contribution >= 0.6 is 0 Å². The molecule has 0 aliphatic carbocycles. The van der Waals surface area contributed by atoms with E-state index >= 15 is 0 Å². The molecule has 1 aromatic heterocycles. The van der Waals surface area contributed by atoms with E-state index in [-0.39, 0.29) is 11.9 Å². The summed E-state index contributed by atoms with van der Waals surface area (Å²) < 4.78 is 4.90. The van der Waals surface area contributed by atoms with E-state index in [0.29, 0.717) is 42.7 Å². The molecule has 4 rings (SSSR count). The van der Waals surface area contributed by atoms with Crippen molar-refractivity contribution in [3.05, 3.63) is 65.5 Å². The molecule has 31 heavy (non-hydrogen) atoms. The summed E-state index contributed by atoms with van der Waals surface area (Å²) in [5, 5.41) is 5.89. The summed E-state index contributed by atoms with van der Waals surface area (Å²) in [4.78, 5) is 38.4. The Bertz CT molecular complexity index is 1130. The molecule has 0 radical (unpaired) electrons. The van der Waals surface area contributed by atoms with Crippen molar-refractivity contribution in [2.24, 2.45) is 0 Å². The smallest absolute Gasteiger partial charge is 0.338 e. The monoisotopic (exact) mass is 418 g/mol. The lowest BCUT2D eigenvalue weighted by atomic mass is 9.94. The molecule has 0 spiro atoms. The fraction of sp³-hybridized carbons (Fsp3) is 0.227. The number of benzene rings is 2. The highest BCUT2D eigenvalue weighted by atomic mass is 16.5. The lowest BCUT2D eigenvalue weighted by molar-refractivity contribution is -0.114. The van der Waals surface area contributed by atoms with Gasteiger partial charge in [0.15, 0.2) is 0 Å². The van der Waals surface area contributed by atoms with Crippen molar-refractivity contribution in [3.8, 4) is 0 Å². The predicted molar refractivity (Wildman–Crippen MR) is 116 cm³/mol. The first kappa shape index (κ1) is 20.3. The van der Waals surface area contributed by atoms with Gasteiger partial charge in [0.1, 0.15) is 6.33 Å². The second-order valence-electron chi connectivity index (χ2n) is 7.10. The van der Waals surface area contributed by atoms with Crippen molar-refractivity contribution < 1.29 is 14.3 Å². The van der Waals surface area contributed by atoms with Crippen molar-refractivity contribution in [3.63, 3.8) is 0 Å². The number of carbonyl (C=O) groups is 2. The van der Waals surface area contributed by atoms with E-state index in [9.17, 15) is 9.59 Å². The average Bonchev–Trinajstić information content (AvgIpc) is 2.78. The van der Waals surface area contributed by atoms with Crippen molar-refractivity contribution >= 4 is 35.1 Å². The summed E-state index contributed by atoms with van der Waals surface area (Å²) in [5.41, 5.74) is 4.09. The molecule has 0 saturated carbocycles. The summed E-state index contributed by atoms with van der Waals surface area (Å²) in [6.07, 6.45) is 2.15. The van der Waals surface area contributed by atoms with Crippen LogP contribution in [-0.2, 0) is 22.5 Å². The predicted octanol–water partition coefficient (Wildman–Crippen LogP) is 2.92. The molecule has 9 heteroatoms. The summed E-state index contributed by atoms with van der Waals surface area (Å²) in [6, 6.07) is 12.9. The fourth-order valence-corrected chi connectivity index (χ4v) is 3.59. The van der Waals surface area contributed by atoms with E-state index in [0.717, 1.165) is 16.8 Å². The summed E-state index contributed by atoms with van der Waals surface area (Å²) >= 11 is 0. The van der Waals surface area contributed by atoms with Gasteiger partial charge in [-0.05, 0) is 41.8 Å². The van der Waals surface area contributed by atoms with Crippen LogP contribution in [0.2, 0.25) is 0 Å². The van der Waals surface area contributed by atoms with Gasteiger partial charge in [0.2, 0.25) is 17.8 Å². The molecule has 9 nitrogen and oxygen atoms in total. The number of hydrogen-bond acceptors (Lipinski definition) is 8. The molecule has 1 amide bonds. The maximum atomic E-state index is 12.0. The number of ether oxygens (including phenoxy) is 1. The van der Waals surface area contributed by atoms with E-state index in [4.69, 9.17) is 4.74 Å². The number of esters is 1. The summed E-state index contributed by atoms with van der Waals surface area (Å²) in [7, 11) is 1.39. The van der Waals surface area contributed by atoms with Crippen LogP contribution in [0.4, 0.5) is 23.3 Å². The number of methoxy groups -OCH3 is 1. The third kappa shape index (κ3) is 4.61. The molecular weight excluding hydrogens is 396 g/mol. The number of rotatable bonds is 5. The van der Waals surface area contributed by atoms with Crippen LogP contribution in [0.1, 0.15) is 28.4 Å². The minimum atomic E-state index is -0.321. The van der Waals surface area contributed by atoms with Gasteiger partial charge in [-0.2, -0.15) is 4.98 Å². The number of carbonyl (C=O) groups excluding carboxylic acids is 2. The molecule has 0 fully saturated rings. The second-order valence-corrected chi connectivity index (χ2v) is 7.10. The van der Waals surface area contributed by atoms with E-state index in [1.165, 1.54) is 20.4 Å². The van der Waals surface area contributed by atoms with Crippen molar-refractivity contribution in [2.45, 2.75) is 19.9 Å². The van der Waals surface area contributed by atoms with Gasteiger partial charge in [-0.1, -0.05) is 18.2 Å². The second kappa shape index (κ2) is 8.78. The van der Waals surface area contributed by atoms with Crippen LogP contribution in [0.25, 0.3) is 0 Å². The third-order valence-electron chi connectivity index (χ3n) is 4.95. The molecular formula is C22H22N6O3. The van der Waals surface area contributed by atoms with Crippen LogP contribution in [0.5, 0.6) is 0 Å². The van der Waals surface area contributed by atoms with Crippen molar-refractivity contribution in [2.75, 3.05) is 29.2 Å². The lowest BCUT2D eigenvalue weighted by Gasteiger charge is -2.29. The van der Waals surface area contributed by atoms with Crippen molar-refractivity contribution in [1.82, 2.24) is 15.0 Å². The summed E-state index contributed by atoms with van der Waals surface area (Å²) in [5.74, 6) is 0.488. The van der Waals surface area contributed by atoms with E-state index < -0.39 is 0 Å². The number of hydrogen-bond donors (Lipinski definition) is 2. The van der Waals surface area contributed by atoms with E-state index in [1.54, 1.807) is 18.2 Å². The highest BCUT2D eigenvalue weighted by molar-refractivity contribution is 5.91. The standard InChI is InChI=1S/C22H22N6O3/c1-14(29)25-16-6-4-7-17(11-16)26-21-23-13-24-22(27-21)28-10-9-18-15(12-28)5-3-8-19(18)20(30)31-2/h3-8,11,13H,9-10,12H2,1-2H3,(H,25,29)(H,23,24,26,27). The van der Waals surface area contributed by atoms with Gasteiger partial charge in [-0.3, -0.25) is 4.79 Å². The van der Waals surface area contributed by atoms with Gasteiger partial charge in [0, 0.05) is 31.4 Å². The average molecular weight is 418 g/mol. The largest absolute Gasteiger partial charge is 0.465 e. The topological polar surface area (TPSA) is 109 Å². The molecule has 0 bridgehead atoms. The number of nitrogens with zero attached hydrogens (tertiary/aromatic N) is 4. The fourth-order valence-electron chi connectivity index (χ4n) is 3.59. The number of fused-ring (bicyclic) bond motifs is 1. The number of nitrogens with one attached hydrogen (secondary N) is 2. The van der Waals surface area contributed by atoms with Gasteiger partial charge < -0.3 is 20.3 Å². The Morgan fingerprint density at radius 3 is 2.71 bits per heavy atom. The maximum Gasteiger partial charge on any atom is 0.338 e. The highest BCUT2D eigenvalue weighted by Crippen LogP contribution is 2.26. The lowest BCUT2D eigenvalue weighted by Crippen LogP contribution is -2.33. The van der Waals surface area contributed by atoms with Crippen LogP contribution in [0.3, 0.4) is 0 Å². The number of amides is 1. The van der Waals surface area contributed by atoms with Gasteiger partial charge in [0.25, 0.3) is 0 Å². The zero-order valence-corrected chi connectivity index (χ0v) is 17.3. The molecule has 0 atom stereocenters. The maximum absolute atomic E-state index is 12.0. The van der Waals surface area contributed by atoms with Gasteiger partial charge in [0.05, 0.1) is 12.7 Å². The van der Waals surface area contributed by atoms with E-state index in [1.807, 2.05) is 29.2 Å². The minimum Gasteiger partial charge on any atom is -0.465 e. The molecule has 3 aromatic rings. The molecule has 2 heterocycles. The number of anilines is 4. The Hall–Kier alpha value is -4.01. The Morgan fingerprint density at radius 1 is 1.10 bits per heavy atom. The number of aromatic nitrogens is 3. The zero-order chi connectivity index (χ0) is 21.8. The van der Waals surface area contributed by atoms with Crippen molar-refractivity contribution in [1.29, 1.82) is 0 Å².